The van der Waals surface area contributed by atoms with Crippen LogP contribution in [0.15, 0.2) is 53.7 Å². The number of hydrogen-bond donors (Lipinski definition) is 1. The Morgan fingerprint density at radius 3 is 2.48 bits per heavy atom. The van der Waals surface area contributed by atoms with Gasteiger partial charge in [-0.2, -0.15) is 0 Å². The Balaban J connectivity index is 1.61. The highest BCUT2D eigenvalue weighted by atomic mass is 32.1. The second kappa shape index (κ2) is 7.99. The summed E-state index contributed by atoms with van der Waals surface area (Å²) in [5, 5.41) is 4.08. The van der Waals surface area contributed by atoms with Gasteiger partial charge in [0.1, 0.15) is 11.5 Å². The van der Waals surface area contributed by atoms with Crippen molar-refractivity contribution in [3.63, 3.8) is 0 Å². The molecule has 150 valence electrons. The van der Waals surface area contributed by atoms with Crippen molar-refractivity contribution in [2.24, 2.45) is 0 Å². The number of carbonyl (C=O) groups is 1. The topological polar surface area (TPSA) is 41.6 Å². The number of Topliss-reactive ketones (excluding diaryl/α,β-unsaturated/α-hetero) is 1. The van der Waals surface area contributed by atoms with Crippen molar-refractivity contribution in [3.05, 3.63) is 70.4 Å². The molecule has 1 atom stereocenters. The summed E-state index contributed by atoms with van der Waals surface area (Å²) in [6.45, 7) is 7.00. The number of allylic oxidation sites excluding steroid dienone is 1. The smallest absolute Gasteiger partial charge is 0.173 e. The SMILES string of the molecule is CCN1C(=S)NC(c2ccc(Oc3ccc(C)c(C)c3)cc2)C2=C1CCCC2=O. The molecular weight excluding hydrogens is 380 g/mol. The molecule has 0 fully saturated rings. The van der Waals surface area contributed by atoms with Crippen LogP contribution in [0, 0.1) is 13.8 Å². The predicted octanol–water partition coefficient (Wildman–Crippen LogP) is 5.35. The average molecular weight is 407 g/mol. The third-order valence-electron chi connectivity index (χ3n) is 5.80. The van der Waals surface area contributed by atoms with Crippen molar-refractivity contribution >= 4 is 23.1 Å². The van der Waals surface area contributed by atoms with Crippen molar-refractivity contribution in [1.29, 1.82) is 0 Å². The van der Waals surface area contributed by atoms with E-state index in [0.717, 1.165) is 47.7 Å². The minimum Gasteiger partial charge on any atom is -0.457 e. The standard InChI is InChI=1S/C24H26N2O2S/c1-4-26-20-6-5-7-21(27)22(20)23(25-24(26)29)17-9-12-18(13-10-17)28-19-11-8-15(2)16(3)14-19/h8-14,23H,4-7H2,1-3H3,(H,25,29). The number of nitrogens with zero attached hydrogens (tertiary/aromatic N) is 1. The van der Waals surface area contributed by atoms with E-state index in [0.29, 0.717) is 11.5 Å². The van der Waals surface area contributed by atoms with Gasteiger partial charge < -0.3 is 15.0 Å². The number of ether oxygens (including phenoxy) is 1. The lowest BCUT2D eigenvalue weighted by molar-refractivity contribution is -0.116. The van der Waals surface area contributed by atoms with Crippen molar-refractivity contribution < 1.29 is 9.53 Å². The lowest BCUT2D eigenvalue weighted by atomic mass is 9.85. The maximum atomic E-state index is 12.8. The van der Waals surface area contributed by atoms with Crippen molar-refractivity contribution in [2.75, 3.05) is 6.54 Å². The summed E-state index contributed by atoms with van der Waals surface area (Å²) in [4.78, 5) is 14.8. The van der Waals surface area contributed by atoms with Gasteiger partial charge >= 0.3 is 0 Å². The fourth-order valence-corrected chi connectivity index (χ4v) is 4.43. The first-order valence-corrected chi connectivity index (χ1v) is 10.6. The third-order valence-corrected chi connectivity index (χ3v) is 6.14. The summed E-state index contributed by atoms with van der Waals surface area (Å²) in [5.41, 5.74) is 5.44. The third kappa shape index (κ3) is 3.79. The van der Waals surface area contributed by atoms with Gasteiger partial charge in [-0.05, 0) is 86.8 Å². The molecule has 0 spiro atoms. The van der Waals surface area contributed by atoms with Gasteiger partial charge in [-0.3, -0.25) is 4.79 Å². The van der Waals surface area contributed by atoms with E-state index in [2.05, 4.69) is 37.1 Å². The second-order valence-corrected chi connectivity index (χ2v) is 8.07. The summed E-state index contributed by atoms with van der Waals surface area (Å²) in [7, 11) is 0. The van der Waals surface area contributed by atoms with Gasteiger partial charge in [0.15, 0.2) is 10.9 Å². The van der Waals surface area contributed by atoms with Crippen molar-refractivity contribution in [3.8, 4) is 11.5 Å². The molecule has 0 amide bonds. The van der Waals surface area contributed by atoms with Crippen LogP contribution < -0.4 is 10.1 Å². The molecule has 2 aliphatic rings. The Morgan fingerprint density at radius 1 is 1.07 bits per heavy atom. The first-order chi connectivity index (χ1) is 14.0. The Hall–Kier alpha value is -2.66. The maximum Gasteiger partial charge on any atom is 0.173 e. The van der Waals surface area contributed by atoms with Gasteiger partial charge in [0.2, 0.25) is 0 Å². The highest BCUT2D eigenvalue weighted by Gasteiger charge is 2.36. The highest BCUT2D eigenvalue weighted by molar-refractivity contribution is 7.80. The van der Waals surface area contributed by atoms with Crippen LogP contribution in [0.25, 0.3) is 0 Å². The van der Waals surface area contributed by atoms with Crippen LogP contribution in [0.1, 0.15) is 48.9 Å². The van der Waals surface area contributed by atoms with Gasteiger partial charge in [-0.15, -0.1) is 0 Å². The fraction of sp³-hybridized carbons (Fsp3) is 0.333. The van der Waals surface area contributed by atoms with Gasteiger partial charge in [0, 0.05) is 24.2 Å². The zero-order valence-corrected chi connectivity index (χ0v) is 17.9. The molecule has 4 rings (SSSR count). The average Bonchev–Trinajstić information content (AvgIpc) is 2.71. The van der Waals surface area contributed by atoms with Crippen molar-refractivity contribution in [2.45, 2.75) is 46.1 Å². The molecule has 2 aromatic carbocycles. The fourth-order valence-electron chi connectivity index (χ4n) is 4.08. The molecule has 0 saturated carbocycles. The molecule has 29 heavy (non-hydrogen) atoms. The van der Waals surface area contributed by atoms with Crippen LogP contribution in [0.4, 0.5) is 0 Å². The molecule has 1 aliphatic carbocycles. The summed E-state index contributed by atoms with van der Waals surface area (Å²) in [5.74, 6) is 1.82. The first-order valence-electron chi connectivity index (χ1n) is 10.2. The monoisotopic (exact) mass is 406 g/mol. The largest absolute Gasteiger partial charge is 0.457 e. The highest BCUT2D eigenvalue weighted by Crippen LogP contribution is 2.37. The predicted molar refractivity (Wildman–Crippen MR) is 119 cm³/mol. The van der Waals surface area contributed by atoms with Crippen LogP contribution in [-0.2, 0) is 4.79 Å². The number of benzene rings is 2. The van der Waals surface area contributed by atoms with Crippen LogP contribution in [0.2, 0.25) is 0 Å². The lowest BCUT2D eigenvalue weighted by Crippen LogP contribution is -2.49. The zero-order chi connectivity index (χ0) is 20.5. The first kappa shape index (κ1) is 19.6. The number of ketones is 1. The van der Waals surface area contributed by atoms with E-state index in [4.69, 9.17) is 17.0 Å². The molecule has 0 bridgehead atoms. The normalized spacial score (nSPS) is 19.1. The molecule has 0 saturated heterocycles. The van der Waals surface area contributed by atoms with Crippen LogP contribution in [-0.4, -0.2) is 22.3 Å². The number of aryl methyl sites for hydroxylation is 2. The van der Waals surface area contributed by atoms with E-state index >= 15 is 0 Å². The van der Waals surface area contributed by atoms with E-state index in [1.165, 1.54) is 11.1 Å². The van der Waals surface area contributed by atoms with Gasteiger partial charge in [-0.25, -0.2) is 0 Å². The summed E-state index contributed by atoms with van der Waals surface area (Å²) in [6, 6.07) is 13.8. The molecule has 1 unspecified atom stereocenters. The molecule has 0 radical (unpaired) electrons. The summed E-state index contributed by atoms with van der Waals surface area (Å²) in [6.07, 6.45) is 2.41. The van der Waals surface area contributed by atoms with E-state index in [-0.39, 0.29) is 11.8 Å². The number of hydrogen-bond acceptors (Lipinski definition) is 3. The van der Waals surface area contributed by atoms with Crippen molar-refractivity contribution in [1.82, 2.24) is 10.2 Å². The molecule has 1 aliphatic heterocycles. The second-order valence-electron chi connectivity index (χ2n) is 7.68. The zero-order valence-electron chi connectivity index (χ0n) is 17.1. The Labute approximate surface area is 177 Å². The minimum absolute atomic E-state index is 0.191. The summed E-state index contributed by atoms with van der Waals surface area (Å²) >= 11 is 5.59. The van der Waals surface area contributed by atoms with Gasteiger partial charge in [-0.1, -0.05) is 18.2 Å². The number of rotatable bonds is 4. The Kier molecular flexibility index (Phi) is 5.41. The molecule has 1 N–H and O–H groups in total. The van der Waals surface area contributed by atoms with E-state index in [9.17, 15) is 4.79 Å². The quantitative estimate of drug-likeness (QED) is 0.693. The van der Waals surface area contributed by atoms with Gasteiger partial charge in [0.05, 0.1) is 6.04 Å². The van der Waals surface area contributed by atoms with Crippen LogP contribution in [0.3, 0.4) is 0 Å². The number of thiocarbonyl (C=S) groups is 1. The van der Waals surface area contributed by atoms with E-state index in [1.807, 2.05) is 36.4 Å². The maximum absolute atomic E-state index is 12.8. The minimum atomic E-state index is -0.191. The number of carbonyl (C=O) groups excluding carboxylic acids is 1. The molecule has 5 heteroatoms. The molecule has 4 nitrogen and oxygen atoms in total. The van der Waals surface area contributed by atoms with Crippen LogP contribution >= 0.6 is 12.2 Å². The lowest BCUT2D eigenvalue weighted by Gasteiger charge is -2.40. The summed E-state index contributed by atoms with van der Waals surface area (Å²) < 4.78 is 6.01. The van der Waals surface area contributed by atoms with E-state index < -0.39 is 0 Å². The molecule has 0 aromatic heterocycles. The number of nitrogens with one attached hydrogen (secondary N) is 1. The van der Waals surface area contributed by atoms with E-state index in [1.54, 1.807) is 0 Å². The van der Waals surface area contributed by atoms with Gasteiger partial charge in [0.25, 0.3) is 0 Å². The molecular formula is C24H26N2O2S. The Morgan fingerprint density at radius 2 is 1.79 bits per heavy atom. The molecule has 2 aromatic rings. The molecule has 1 heterocycles. The Bertz CT molecular complexity index is 994. The van der Waals surface area contributed by atoms with Crippen LogP contribution in [0.5, 0.6) is 11.5 Å².